The Morgan fingerprint density at radius 2 is 1.59 bits per heavy atom. The Labute approximate surface area is 208 Å². The number of azo groups is 1. The van der Waals surface area contributed by atoms with E-state index in [-0.39, 0.29) is 6.61 Å². The van der Waals surface area contributed by atoms with Crippen LogP contribution in [-0.2, 0) is 18.0 Å². The minimum Gasteiger partial charge on any atom is -0.389 e. The number of hydrogen-bond acceptors (Lipinski definition) is 8. The molecule has 0 bridgehead atoms. The van der Waals surface area contributed by atoms with Crippen molar-refractivity contribution in [1.29, 1.82) is 0 Å². The molecule has 0 spiro atoms. The van der Waals surface area contributed by atoms with Gasteiger partial charge in [0, 0.05) is 44.7 Å². The Bertz CT molecular complexity index is 840. The first-order valence-corrected chi connectivity index (χ1v) is 14.0. The maximum atomic E-state index is 10.2. The van der Waals surface area contributed by atoms with Crippen LogP contribution in [-0.4, -0.2) is 59.6 Å². The van der Waals surface area contributed by atoms with Gasteiger partial charge in [-0.05, 0) is 63.6 Å². The van der Waals surface area contributed by atoms with Gasteiger partial charge in [0.2, 0.25) is 0 Å². The predicted octanol–water partition coefficient (Wildman–Crippen LogP) is 5.98. The third kappa shape index (κ3) is 10.2. The van der Waals surface area contributed by atoms with Crippen molar-refractivity contribution in [2.24, 2.45) is 10.2 Å². The van der Waals surface area contributed by atoms with Crippen LogP contribution in [0.2, 0.25) is 11.1 Å². The summed E-state index contributed by atoms with van der Waals surface area (Å²) in [5, 5.41) is 22.3. The van der Waals surface area contributed by atoms with Crippen LogP contribution in [0.1, 0.15) is 27.2 Å². The fraction of sp³-hybridized carbons (Fsp3) is 0.500. The van der Waals surface area contributed by atoms with Crippen molar-refractivity contribution in [2.75, 3.05) is 44.9 Å². The molecule has 0 saturated heterocycles. The molecule has 1 atom stereocenters. The number of aliphatic hydroxyl groups excluding tert-OH is 1. The quantitative estimate of drug-likeness (QED) is 0.155. The number of nitrogens with one attached hydrogen (secondary N) is 1. The molecule has 0 aliphatic heterocycles. The number of rotatable bonds is 17. The van der Waals surface area contributed by atoms with E-state index in [9.17, 15) is 5.11 Å². The van der Waals surface area contributed by atoms with Crippen LogP contribution in [0.15, 0.2) is 58.8 Å². The lowest BCUT2D eigenvalue weighted by Crippen LogP contribution is -2.46. The number of hydrogen-bond donors (Lipinski definition) is 2. The number of anilines is 1. The summed E-state index contributed by atoms with van der Waals surface area (Å²) in [7, 11) is -2.64. The first-order valence-electron chi connectivity index (χ1n) is 11.7. The van der Waals surface area contributed by atoms with Crippen molar-refractivity contribution in [2.45, 2.75) is 39.3 Å². The Hall–Kier alpha value is -1.85. The Morgan fingerprint density at radius 1 is 0.941 bits per heavy atom. The first-order chi connectivity index (χ1) is 16.5. The predicted molar refractivity (Wildman–Crippen MR) is 137 cm³/mol. The molecule has 0 aliphatic rings. The average Bonchev–Trinajstić information content (AvgIpc) is 2.83. The normalized spacial score (nSPS) is 12.9. The Kier molecular flexibility index (Phi) is 13.3. The van der Waals surface area contributed by atoms with Crippen LogP contribution >= 0.6 is 11.6 Å². The van der Waals surface area contributed by atoms with Crippen molar-refractivity contribution >= 4 is 37.5 Å². The van der Waals surface area contributed by atoms with E-state index >= 15 is 0 Å². The van der Waals surface area contributed by atoms with E-state index in [4.69, 9.17) is 29.6 Å². The van der Waals surface area contributed by atoms with Gasteiger partial charge in [-0.15, -0.1) is 5.11 Å². The third-order valence-electron chi connectivity index (χ3n) is 4.71. The van der Waals surface area contributed by atoms with E-state index in [0.717, 1.165) is 12.1 Å². The molecule has 188 valence electrons. The number of benzene rings is 2. The van der Waals surface area contributed by atoms with Gasteiger partial charge >= 0.3 is 8.80 Å². The van der Waals surface area contributed by atoms with E-state index in [1.807, 2.05) is 57.2 Å². The highest BCUT2D eigenvalue weighted by atomic mass is 35.5. The van der Waals surface area contributed by atoms with Gasteiger partial charge in [0.1, 0.15) is 5.69 Å². The summed E-state index contributed by atoms with van der Waals surface area (Å²) in [6, 6.07) is 15.4. The topological polar surface area (TPSA) is 93.9 Å². The van der Waals surface area contributed by atoms with Gasteiger partial charge in [-0.25, -0.2) is 0 Å². The third-order valence-corrected chi connectivity index (χ3v) is 8.18. The summed E-state index contributed by atoms with van der Waals surface area (Å²) in [6.07, 6.45) is 0.114. The van der Waals surface area contributed by atoms with E-state index in [1.54, 1.807) is 12.1 Å². The lowest BCUT2D eigenvalue weighted by Gasteiger charge is -2.28. The second kappa shape index (κ2) is 15.9. The molecule has 0 fully saturated rings. The molecule has 0 saturated carbocycles. The average molecular weight is 510 g/mol. The van der Waals surface area contributed by atoms with Crippen molar-refractivity contribution < 1.29 is 23.1 Å². The van der Waals surface area contributed by atoms with Crippen molar-refractivity contribution in [3.05, 3.63) is 53.6 Å². The molecule has 8 nitrogen and oxygen atoms in total. The van der Waals surface area contributed by atoms with E-state index in [1.165, 1.54) is 0 Å². The van der Waals surface area contributed by atoms with Gasteiger partial charge in [0.15, 0.2) is 0 Å². The summed E-state index contributed by atoms with van der Waals surface area (Å²) < 4.78 is 23.2. The van der Waals surface area contributed by atoms with Crippen molar-refractivity contribution in [3.63, 3.8) is 0 Å². The molecule has 10 heteroatoms. The molecule has 2 aromatic carbocycles. The molecule has 34 heavy (non-hydrogen) atoms. The highest BCUT2D eigenvalue weighted by Crippen LogP contribution is 2.26. The van der Waals surface area contributed by atoms with Crippen LogP contribution in [0.3, 0.4) is 0 Å². The molecular formula is C24H36ClN3O5Si. The highest BCUT2D eigenvalue weighted by molar-refractivity contribution is 6.60. The van der Waals surface area contributed by atoms with Gasteiger partial charge in [0.25, 0.3) is 0 Å². The first kappa shape index (κ1) is 28.4. The van der Waals surface area contributed by atoms with Crippen LogP contribution in [0.5, 0.6) is 0 Å². The largest absolute Gasteiger partial charge is 0.501 e. The number of halogens is 1. The summed E-state index contributed by atoms with van der Waals surface area (Å²) in [4.78, 5) is 0. The van der Waals surface area contributed by atoms with Crippen molar-refractivity contribution in [1.82, 2.24) is 0 Å². The van der Waals surface area contributed by atoms with E-state index < -0.39 is 14.9 Å². The molecular weight excluding hydrogens is 474 g/mol. The maximum absolute atomic E-state index is 10.2. The second-order valence-corrected chi connectivity index (χ2v) is 10.5. The van der Waals surface area contributed by atoms with Crippen LogP contribution in [0, 0.1) is 0 Å². The molecule has 2 aromatic rings. The zero-order valence-electron chi connectivity index (χ0n) is 20.2. The van der Waals surface area contributed by atoms with Gasteiger partial charge in [-0.2, -0.15) is 5.11 Å². The van der Waals surface area contributed by atoms with Crippen molar-refractivity contribution in [3.8, 4) is 0 Å². The molecule has 2 N–H and O–H groups in total. The summed E-state index contributed by atoms with van der Waals surface area (Å²) in [5.41, 5.74) is 2.20. The minimum absolute atomic E-state index is 0.240. The zero-order chi connectivity index (χ0) is 24.7. The lowest BCUT2D eigenvalue weighted by molar-refractivity contribution is 0.0379. The van der Waals surface area contributed by atoms with Gasteiger partial charge in [0.05, 0.1) is 23.4 Å². The molecule has 0 radical (unpaired) electrons. The summed E-state index contributed by atoms with van der Waals surface area (Å²) in [6.45, 7) is 8.62. The second-order valence-electron chi connectivity index (χ2n) is 7.39. The molecule has 2 rings (SSSR count). The Balaban J connectivity index is 1.69. The number of ether oxygens (including phenoxy) is 1. The van der Waals surface area contributed by atoms with Crippen LogP contribution < -0.4 is 5.32 Å². The van der Waals surface area contributed by atoms with Crippen LogP contribution in [0.4, 0.5) is 17.1 Å². The fourth-order valence-electron chi connectivity index (χ4n) is 3.20. The number of aliphatic hydroxyl groups is 1. The SMILES string of the molecule is CCO[Si](CCCOCC(O)CNc1ccc(N=Nc2ccccc2Cl)cc1)(OCC)OCC. The molecule has 0 aromatic heterocycles. The highest BCUT2D eigenvalue weighted by Gasteiger charge is 2.39. The standard InChI is InChI=1S/C24H36ClN3O5Si/c1-4-31-34(32-5-2,33-6-3)17-9-16-30-19-22(29)18-26-20-12-14-21(15-13-20)27-28-24-11-8-7-10-23(24)25/h7-8,10-15,22,26,29H,4-6,9,16-19H2,1-3H3. The monoisotopic (exact) mass is 509 g/mol. The molecule has 0 aliphatic carbocycles. The maximum Gasteiger partial charge on any atom is 0.501 e. The van der Waals surface area contributed by atoms with E-state index in [0.29, 0.717) is 55.4 Å². The summed E-state index contributed by atoms with van der Waals surface area (Å²) in [5.74, 6) is 0. The smallest absolute Gasteiger partial charge is 0.389 e. The van der Waals surface area contributed by atoms with Gasteiger partial charge < -0.3 is 28.4 Å². The lowest BCUT2D eigenvalue weighted by atomic mass is 10.2. The zero-order valence-corrected chi connectivity index (χ0v) is 22.0. The number of nitrogens with zero attached hydrogens (tertiary/aromatic N) is 2. The molecule has 1 unspecified atom stereocenters. The minimum atomic E-state index is -2.64. The van der Waals surface area contributed by atoms with Crippen LogP contribution in [0.25, 0.3) is 0 Å². The molecule has 0 heterocycles. The fourth-order valence-corrected chi connectivity index (χ4v) is 5.95. The Morgan fingerprint density at radius 3 is 2.21 bits per heavy atom. The van der Waals surface area contributed by atoms with Gasteiger partial charge in [-0.1, -0.05) is 23.7 Å². The van der Waals surface area contributed by atoms with E-state index in [2.05, 4.69) is 15.5 Å². The summed E-state index contributed by atoms with van der Waals surface area (Å²) >= 11 is 6.09. The van der Waals surface area contributed by atoms with Gasteiger partial charge in [-0.3, -0.25) is 0 Å². The molecule has 0 amide bonds.